The fourth-order valence-electron chi connectivity index (χ4n) is 4.80. The van der Waals surface area contributed by atoms with Crippen molar-refractivity contribution < 1.29 is 14.3 Å². The van der Waals surface area contributed by atoms with Crippen molar-refractivity contribution in [1.29, 1.82) is 0 Å². The fraction of sp³-hybridized carbons (Fsp3) is 0.417. The first-order chi connectivity index (χ1) is 14.4. The van der Waals surface area contributed by atoms with Gasteiger partial charge in [0.1, 0.15) is 0 Å². The zero-order valence-electron chi connectivity index (χ0n) is 18.3. The van der Waals surface area contributed by atoms with Crippen LogP contribution in [0, 0.1) is 0 Å². The number of carbonyl (C=O) groups excluding carboxylic acids is 1. The molecule has 2 aliphatic rings. The summed E-state index contributed by atoms with van der Waals surface area (Å²) in [4.78, 5) is 19.0. The maximum atomic E-state index is 11.3. The molecule has 6 nitrogen and oxygen atoms in total. The van der Waals surface area contributed by atoms with Gasteiger partial charge < -0.3 is 19.7 Å². The van der Waals surface area contributed by atoms with Crippen molar-refractivity contribution in [2.75, 3.05) is 39.7 Å². The van der Waals surface area contributed by atoms with E-state index in [2.05, 4.69) is 30.3 Å². The second kappa shape index (κ2) is 7.76. The second-order valence-electron chi connectivity index (χ2n) is 8.45. The highest BCUT2D eigenvalue weighted by Gasteiger charge is 2.45. The van der Waals surface area contributed by atoms with Gasteiger partial charge in [0.2, 0.25) is 5.91 Å². The number of nitrogens with zero attached hydrogens (tertiary/aromatic N) is 2. The Morgan fingerprint density at radius 3 is 2.47 bits per heavy atom. The Morgan fingerprint density at radius 1 is 1.17 bits per heavy atom. The van der Waals surface area contributed by atoms with Crippen LogP contribution in [0.25, 0.3) is 0 Å². The average Bonchev–Trinajstić information content (AvgIpc) is 2.72. The molecule has 158 valence electrons. The zero-order chi connectivity index (χ0) is 21.5. The maximum Gasteiger partial charge on any atom is 0.221 e. The number of hydrogen-bond acceptors (Lipinski definition) is 5. The standard InChI is InChI=1S/C24H29N3O3/c1-15(28)25-17-8-6-16(7-9-17)23-18-12-20(29-4)21(30-5)13-19(18)24(2)14-27(3)11-10-22(24)26-23/h6-9,12-13,22H,10-11,14H2,1-5H3,(H,25,28). The van der Waals surface area contributed by atoms with Gasteiger partial charge in [-0.2, -0.15) is 0 Å². The van der Waals surface area contributed by atoms with Crippen LogP contribution < -0.4 is 14.8 Å². The quantitative estimate of drug-likeness (QED) is 0.843. The molecule has 4 rings (SSSR count). The number of nitrogens with one attached hydrogen (secondary N) is 1. The van der Waals surface area contributed by atoms with Gasteiger partial charge in [-0.15, -0.1) is 0 Å². The van der Waals surface area contributed by atoms with E-state index in [1.165, 1.54) is 12.5 Å². The summed E-state index contributed by atoms with van der Waals surface area (Å²) in [6, 6.07) is 12.2. The van der Waals surface area contributed by atoms with Gasteiger partial charge >= 0.3 is 0 Å². The van der Waals surface area contributed by atoms with Crippen molar-refractivity contribution in [3.05, 3.63) is 53.1 Å². The Bertz CT molecular complexity index is 1000. The van der Waals surface area contributed by atoms with Crippen LogP contribution in [0.4, 0.5) is 5.69 Å². The molecule has 1 fully saturated rings. The van der Waals surface area contributed by atoms with Crippen LogP contribution in [0.1, 0.15) is 37.0 Å². The van der Waals surface area contributed by atoms with Crippen molar-refractivity contribution in [2.24, 2.45) is 4.99 Å². The number of likely N-dealkylation sites (N-methyl/N-ethyl adjacent to an activating group) is 1. The number of benzene rings is 2. The molecule has 0 bridgehead atoms. The summed E-state index contributed by atoms with van der Waals surface area (Å²) in [7, 11) is 5.50. The second-order valence-corrected chi connectivity index (χ2v) is 8.45. The van der Waals surface area contributed by atoms with Gasteiger partial charge in [0.05, 0.1) is 26.0 Å². The molecule has 6 heteroatoms. The number of fused-ring (bicyclic) bond motifs is 3. The molecule has 2 aliphatic heterocycles. The summed E-state index contributed by atoms with van der Waals surface area (Å²) >= 11 is 0. The van der Waals surface area contributed by atoms with E-state index in [-0.39, 0.29) is 17.4 Å². The first-order valence-electron chi connectivity index (χ1n) is 10.3. The van der Waals surface area contributed by atoms with E-state index >= 15 is 0 Å². The number of methoxy groups -OCH3 is 2. The Hall–Kier alpha value is -2.86. The minimum Gasteiger partial charge on any atom is -0.493 e. The SMILES string of the molecule is COc1cc2c(cc1OC)C1(C)CN(C)CCC1N=C2c1ccc(NC(C)=O)cc1. The van der Waals surface area contributed by atoms with Crippen molar-refractivity contribution >= 4 is 17.3 Å². The van der Waals surface area contributed by atoms with E-state index in [1.54, 1.807) is 14.2 Å². The normalized spacial score (nSPS) is 23.1. The van der Waals surface area contributed by atoms with Crippen LogP contribution >= 0.6 is 0 Å². The monoisotopic (exact) mass is 407 g/mol. The third-order valence-corrected chi connectivity index (χ3v) is 6.28. The van der Waals surface area contributed by atoms with Gasteiger partial charge in [-0.05, 0) is 49.8 Å². The van der Waals surface area contributed by atoms with Crippen LogP contribution in [0.5, 0.6) is 11.5 Å². The van der Waals surface area contributed by atoms with Crippen molar-refractivity contribution in [3.63, 3.8) is 0 Å². The van der Waals surface area contributed by atoms with E-state index in [0.29, 0.717) is 5.75 Å². The van der Waals surface area contributed by atoms with E-state index in [4.69, 9.17) is 14.5 Å². The Balaban J connectivity index is 1.86. The van der Waals surface area contributed by atoms with E-state index in [1.807, 2.05) is 30.3 Å². The molecule has 2 unspecified atom stereocenters. The highest BCUT2D eigenvalue weighted by Crippen LogP contribution is 2.45. The Morgan fingerprint density at radius 2 is 1.83 bits per heavy atom. The summed E-state index contributed by atoms with van der Waals surface area (Å²) < 4.78 is 11.2. The number of hydrogen-bond donors (Lipinski definition) is 1. The average molecular weight is 408 g/mol. The van der Waals surface area contributed by atoms with E-state index < -0.39 is 0 Å². The molecule has 0 spiro atoms. The van der Waals surface area contributed by atoms with Crippen molar-refractivity contribution in [2.45, 2.75) is 31.7 Å². The molecule has 0 saturated carbocycles. The lowest BCUT2D eigenvalue weighted by Gasteiger charge is -2.47. The lowest BCUT2D eigenvalue weighted by molar-refractivity contribution is -0.114. The minimum absolute atomic E-state index is 0.0815. The van der Waals surface area contributed by atoms with Crippen LogP contribution in [0.3, 0.4) is 0 Å². The first kappa shape index (κ1) is 20.4. The highest BCUT2D eigenvalue weighted by molar-refractivity contribution is 6.15. The summed E-state index contributed by atoms with van der Waals surface area (Å²) in [5, 5.41) is 2.82. The third-order valence-electron chi connectivity index (χ3n) is 6.28. The molecule has 1 amide bonds. The first-order valence-corrected chi connectivity index (χ1v) is 10.3. The number of ether oxygens (including phenoxy) is 2. The van der Waals surface area contributed by atoms with Gasteiger partial charge in [0, 0.05) is 35.7 Å². The van der Waals surface area contributed by atoms with Gasteiger partial charge in [-0.1, -0.05) is 19.1 Å². The van der Waals surface area contributed by atoms with E-state index in [0.717, 1.165) is 47.8 Å². The molecule has 2 atom stereocenters. The number of piperidine rings is 1. The van der Waals surface area contributed by atoms with Crippen LogP contribution in [-0.4, -0.2) is 56.9 Å². The molecule has 0 aliphatic carbocycles. The third kappa shape index (κ3) is 3.45. The highest BCUT2D eigenvalue weighted by atomic mass is 16.5. The number of aliphatic imine (C=N–C) groups is 1. The molecule has 0 radical (unpaired) electrons. The summed E-state index contributed by atoms with van der Waals surface area (Å²) in [5.74, 6) is 1.36. The zero-order valence-corrected chi connectivity index (χ0v) is 18.3. The molecule has 2 heterocycles. The number of rotatable bonds is 4. The lowest BCUT2D eigenvalue weighted by atomic mass is 9.67. The Labute approximate surface area is 177 Å². The van der Waals surface area contributed by atoms with Gasteiger partial charge in [0.25, 0.3) is 0 Å². The van der Waals surface area contributed by atoms with Crippen molar-refractivity contribution in [1.82, 2.24) is 4.90 Å². The molecule has 1 N–H and O–H groups in total. The topological polar surface area (TPSA) is 63.2 Å². The molecular weight excluding hydrogens is 378 g/mol. The lowest BCUT2D eigenvalue weighted by Crippen LogP contribution is -2.53. The van der Waals surface area contributed by atoms with Gasteiger partial charge in [0.15, 0.2) is 11.5 Å². The number of likely N-dealkylation sites (tertiary alicyclic amines) is 1. The smallest absolute Gasteiger partial charge is 0.221 e. The molecule has 2 aromatic rings. The van der Waals surface area contributed by atoms with Gasteiger partial charge in [-0.25, -0.2) is 0 Å². The summed E-state index contributed by atoms with van der Waals surface area (Å²) in [6.45, 7) is 5.79. The predicted molar refractivity (Wildman–Crippen MR) is 119 cm³/mol. The molecule has 1 saturated heterocycles. The van der Waals surface area contributed by atoms with Crippen LogP contribution in [0.15, 0.2) is 41.4 Å². The molecular formula is C24H29N3O3. The molecule has 30 heavy (non-hydrogen) atoms. The Kier molecular flexibility index (Phi) is 5.28. The largest absolute Gasteiger partial charge is 0.493 e. The molecule has 2 aromatic carbocycles. The maximum absolute atomic E-state index is 11.3. The molecule has 0 aromatic heterocycles. The number of carbonyl (C=O) groups is 1. The number of anilines is 1. The van der Waals surface area contributed by atoms with Gasteiger partial charge in [-0.3, -0.25) is 9.79 Å². The number of amides is 1. The van der Waals surface area contributed by atoms with Crippen LogP contribution in [0.2, 0.25) is 0 Å². The fourth-order valence-corrected chi connectivity index (χ4v) is 4.80. The minimum atomic E-state index is -0.0957. The summed E-state index contributed by atoms with van der Waals surface area (Å²) in [5.41, 5.74) is 4.99. The van der Waals surface area contributed by atoms with E-state index in [9.17, 15) is 4.79 Å². The van der Waals surface area contributed by atoms with Crippen LogP contribution in [-0.2, 0) is 10.2 Å². The summed E-state index contributed by atoms with van der Waals surface area (Å²) in [6.07, 6.45) is 1.01. The van der Waals surface area contributed by atoms with Crippen molar-refractivity contribution in [3.8, 4) is 11.5 Å². The predicted octanol–water partition coefficient (Wildman–Crippen LogP) is 3.48.